The van der Waals surface area contributed by atoms with Crippen molar-refractivity contribution in [2.75, 3.05) is 26.4 Å². The largest absolute Gasteiger partial charge is 0.391 e. The van der Waals surface area contributed by atoms with Crippen LogP contribution in [-0.4, -0.2) is 43.5 Å². The van der Waals surface area contributed by atoms with Crippen molar-refractivity contribution < 1.29 is 17.7 Å². The molecule has 0 aliphatic heterocycles. The van der Waals surface area contributed by atoms with Crippen LogP contribution in [-0.2, 0) is 17.7 Å². The van der Waals surface area contributed by atoms with Crippen LogP contribution in [0.4, 0.5) is 0 Å². The van der Waals surface area contributed by atoms with Crippen molar-refractivity contribution in [3.05, 3.63) is 60.7 Å². The van der Waals surface area contributed by atoms with Gasteiger partial charge in [0.15, 0.2) is 0 Å². The Kier molecular flexibility index (Phi) is 13.2. The molecule has 0 aliphatic rings. The molecule has 0 fully saturated rings. The molecule has 2 rings (SSSR count). The molecule has 0 aromatic heterocycles. The molecule has 0 saturated heterocycles. The first-order chi connectivity index (χ1) is 16.2. The fourth-order valence-corrected chi connectivity index (χ4v) is 11.2. The third-order valence-corrected chi connectivity index (χ3v) is 12.7. The quantitative estimate of drug-likeness (QED) is 0.249. The summed E-state index contributed by atoms with van der Waals surface area (Å²) < 4.78 is 26.4. The van der Waals surface area contributed by atoms with Crippen molar-refractivity contribution in [3.8, 4) is 0 Å². The van der Waals surface area contributed by atoms with E-state index in [1.54, 1.807) is 0 Å². The summed E-state index contributed by atoms with van der Waals surface area (Å²) in [4.78, 5) is 0. The maximum Gasteiger partial charge on any atom is 0.372 e. The van der Waals surface area contributed by atoms with Gasteiger partial charge < -0.3 is 17.7 Å². The first kappa shape index (κ1) is 28.0. The van der Waals surface area contributed by atoms with Crippen molar-refractivity contribution >= 4 is 27.5 Å². The molecule has 6 heteroatoms. The molecule has 0 N–H and O–H groups in total. The third kappa shape index (κ3) is 8.46. The molecule has 0 saturated carbocycles. The van der Waals surface area contributed by atoms with E-state index in [4.69, 9.17) is 17.7 Å². The average Bonchev–Trinajstić information content (AvgIpc) is 2.88. The van der Waals surface area contributed by atoms with E-state index in [9.17, 15) is 0 Å². The van der Waals surface area contributed by atoms with Gasteiger partial charge in [-0.15, -0.1) is 0 Å². The first-order valence-corrected chi connectivity index (χ1v) is 16.9. The molecule has 4 nitrogen and oxygen atoms in total. The molecule has 0 aliphatic carbocycles. The molecule has 0 spiro atoms. The second-order valence-electron chi connectivity index (χ2n) is 8.49. The smallest absolute Gasteiger partial charge is 0.372 e. The minimum Gasteiger partial charge on any atom is -0.391 e. The Labute approximate surface area is 204 Å². The molecule has 0 bridgehead atoms. The van der Waals surface area contributed by atoms with Gasteiger partial charge in [0, 0.05) is 26.4 Å². The second-order valence-corrected chi connectivity index (χ2v) is 14.8. The van der Waals surface area contributed by atoms with E-state index < -0.39 is 17.1 Å². The number of benzene rings is 2. The molecule has 0 atom stereocenters. The molecule has 184 valence electrons. The van der Waals surface area contributed by atoms with Gasteiger partial charge in [0.05, 0.1) is 0 Å². The monoisotopic (exact) mass is 488 g/mol. The Morgan fingerprint density at radius 3 is 1.06 bits per heavy atom. The van der Waals surface area contributed by atoms with Crippen LogP contribution in [0.1, 0.15) is 59.8 Å². The van der Waals surface area contributed by atoms with E-state index in [0.29, 0.717) is 0 Å². The van der Waals surface area contributed by atoms with Crippen molar-refractivity contribution in [2.24, 2.45) is 0 Å². The SMILES string of the molecule is CCCO[Si](CCC[Si](OCCC)(OCCC)c1ccccc1)(OCCC)c1ccccc1. The fraction of sp³-hybridized carbons (Fsp3) is 0.556. The Morgan fingerprint density at radius 2 is 0.788 bits per heavy atom. The van der Waals surface area contributed by atoms with Crippen molar-refractivity contribution in [1.29, 1.82) is 0 Å². The highest BCUT2D eigenvalue weighted by Gasteiger charge is 2.44. The summed E-state index contributed by atoms with van der Waals surface area (Å²) in [5.41, 5.74) is 0. The van der Waals surface area contributed by atoms with E-state index in [0.717, 1.165) is 70.6 Å². The molecular formula is C27H44O4Si2. The van der Waals surface area contributed by atoms with Crippen LogP contribution in [0.2, 0.25) is 12.1 Å². The van der Waals surface area contributed by atoms with Gasteiger partial charge in [-0.05, 0) is 54.6 Å². The predicted octanol–water partition coefficient (Wildman–Crippen LogP) is 5.78. The predicted molar refractivity (Wildman–Crippen MR) is 143 cm³/mol. The summed E-state index contributed by atoms with van der Waals surface area (Å²) in [6.07, 6.45) is 4.90. The van der Waals surface area contributed by atoms with Crippen molar-refractivity contribution in [3.63, 3.8) is 0 Å². The van der Waals surface area contributed by atoms with Crippen LogP contribution in [0, 0.1) is 0 Å². The number of hydrogen-bond donors (Lipinski definition) is 0. The molecular weight excluding hydrogens is 444 g/mol. The average molecular weight is 489 g/mol. The first-order valence-electron chi connectivity index (χ1n) is 12.8. The molecule has 33 heavy (non-hydrogen) atoms. The zero-order chi connectivity index (χ0) is 23.8. The Bertz CT molecular complexity index is 663. The third-order valence-electron chi connectivity index (χ3n) is 5.60. The zero-order valence-corrected chi connectivity index (χ0v) is 23.2. The highest BCUT2D eigenvalue weighted by Crippen LogP contribution is 2.25. The topological polar surface area (TPSA) is 36.9 Å². The van der Waals surface area contributed by atoms with Gasteiger partial charge in [0.1, 0.15) is 0 Å². The van der Waals surface area contributed by atoms with Crippen LogP contribution in [0.25, 0.3) is 0 Å². The van der Waals surface area contributed by atoms with Gasteiger partial charge in [-0.25, -0.2) is 0 Å². The summed E-state index contributed by atoms with van der Waals surface area (Å²) in [6.45, 7) is 11.6. The lowest BCUT2D eigenvalue weighted by Gasteiger charge is -2.34. The van der Waals surface area contributed by atoms with Crippen LogP contribution in [0.3, 0.4) is 0 Å². The van der Waals surface area contributed by atoms with Crippen LogP contribution >= 0.6 is 0 Å². The second kappa shape index (κ2) is 15.6. The molecule has 0 heterocycles. The Hall–Kier alpha value is -1.29. The minimum absolute atomic E-state index is 0.727. The summed E-state index contributed by atoms with van der Waals surface area (Å²) in [5.74, 6) is 0. The van der Waals surface area contributed by atoms with Gasteiger partial charge in [-0.1, -0.05) is 88.4 Å². The van der Waals surface area contributed by atoms with Gasteiger partial charge in [0.25, 0.3) is 0 Å². The van der Waals surface area contributed by atoms with E-state index in [-0.39, 0.29) is 0 Å². The van der Waals surface area contributed by atoms with Crippen LogP contribution in [0.5, 0.6) is 0 Å². The van der Waals surface area contributed by atoms with Gasteiger partial charge in [-0.2, -0.15) is 0 Å². The summed E-state index contributed by atoms with van der Waals surface area (Å²) in [7, 11) is -5.13. The zero-order valence-electron chi connectivity index (χ0n) is 21.2. The lowest BCUT2D eigenvalue weighted by molar-refractivity contribution is 0.173. The number of hydrogen-bond acceptors (Lipinski definition) is 4. The maximum absolute atomic E-state index is 6.60. The summed E-state index contributed by atoms with van der Waals surface area (Å²) in [5, 5.41) is 2.45. The van der Waals surface area contributed by atoms with E-state index in [1.165, 1.54) is 10.4 Å². The lowest BCUT2D eigenvalue weighted by Crippen LogP contribution is -2.56. The fourth-order valence-electron chi connectivity index (χ4n) is 4.00. The molecule has 0 amide bonds. The molecule has 2 aromatic rings. The molecule has 2 aromatic carbocycles. The van der Waals surface area contributed by atoms with Gasteiger partial charge in [-0.3, -0.25) is 0 Å². The molecule has 0 unspecified atom stereocenters. The minimum atomic E-state index is -2.57. The van der Waals surface area contributed by atoms with Crippen LogP contribution in [0.15, 0.2) is 60.7 Å². The maximum atomic E-state index is 6.60. The highest BCUT2D eigenvalue weighted by atomic mass is 28.4. The summed E-state index contributed by atoms with van der Waals surface area (Å²) in [6, 6.07) is 23.0. The Balaban J connectivity index is 2.31. The summed E-state index contributed by atoms with van der Waals surface area (Å²) >= 11 is 0. The normalized spacial score (nSPS) is 12.2. The standard InChI is InChI=1S/C27H44O4Si2/c1-5-20-28-32(29-21-6-2,26-16-11-9-12-17-26)24-15-25-33(30-22-7-3,31-23-8-4)27-18-13-10-14-19-27/h9-14,16-19H,5-8,15,20-25H2,1-4H3. The van der Waals surface area contributed by atoms with Gasteiger partial charge in [0.2, 0.25) is 0 Å². The van der Waals surface area contributed by atoms with E-state index >= 15 is 0 Å². The van der Waals surface area contributed by atoms with Crippen LogP contribution < -0.4 is 10.4 Å². The van der Waals surface area contributed by atoms with Gasteiger partial charge >= 0.3 is 17.1 Å². The van der Waals surface area contributed by atoms with Crippen molar-refractivity contribution in [2.45, 2.75) is 71.9 Å². The Morgan fingerprint density at radius 1 is 0.485 bits per heavy atom. The van der Waals surface area contributed by atoms with Crippen molar-refractivity contribution in [1.82, 2.24) is 0 Å². The lowest BCUT2D eigenvalue weighted by atomic mass is 10.4. The van der Waals surface area contributed by atoms with E-state index in [1.807, 2.05) is 0 Å². The molecule has 0 radical (unpaired) electrons. The van der Waals surface area contributed by atoms with E-state index in [2.05, 4.69) is 88.4 Å². The number of rotatable bonds is 18. The highest BCUT2D eigenvalue weighted by molar-refractivity contribution is 6.82.